The number of nitrogens with two attached hydrogens (primary N) is 1. The number of ether oxygens (including phenoxy) is 1. The maximum Gasteiger partial charge on any atom is 0.338 e. The Morgan fingerprint density at radius 3 is 3.00 bits per heavy atom. The normalized spacial score (nSPS) is 10.3. The average Bonchev–Trinajstić information content (AvgIpc) is 2.75. The van der Waals surface area contributed by atoms with Gasteiger partial charge in [0.15, 0.2) is 0 Å². The summed E-state index contributed by atoms with van der Waals surface area (Å²) in [6, 6.07) is 6.73. The maximum atomic E-state index is 11.7. The van der Waals surface area contributed by atoms with Crippen molar-refractivity contribution >= 4 is 11.7 Å². The lowest BCUT2D eigenvalue weighted by Gasteiger charge is -2.05. The molecule has 2 N–H and O–H groups in total. The fourth-order valence-corrected chi connectivity index (χ4v) is 1.62. The smallest absolute Gasteiger partial charge is 0.338 e. The monoisotopic (exact) mass is 245 g/mol. The number of carbonyl (C=O) groups is 1. The molecule has 0 aliphatic carbocycles. The Balaban J connectivity index is 1.87. The van der Waals surface area contributed by atoms with Crippen molar-refractivity contribution in [1.82, 2.24) is 9.55 Å². The Bertz CT molecular complexity index is 549. The Labute approximate surface area is 105 Å². The number of aromatic nitrogens is 2. The lowest BCUT2D eigenvalue weighted by atomic mass is 10.2. The van der Waals surface area contributed by atoms with E-state index in [0.29, 0.717) is 24.3 Å². The van der Waals surface area contributed by atoms with Gasteiger partial charge >= 0.3 is 5.97 Å². The maximum absolute atomic E-state index is 11.7. The second-order valence-corrected chi connectivity index (χ2v) is 3.97. The van der Waals surface area contributed by atoms with Gasteiger partial charge in [-0.25, -0.2) is 9.78 Å². The van der Waals surface area contributed by atoms with Crippen LogP contribution in [0.3, 0.4) is 0 Å². The van der Waals surface area contributed by atoms with Crippen molar-refractivity contribution in [3.05, 3.63) is 48.0 Å². The second-order valence-electron chi connectivity index (χ2n) is 3.97. The first kappa shape index (κ1) is 12.2. The molecule has 0 fully saturated rings. The van der Waals surface area contributed by atoms with Crippen molar-refractivity contribution in [3.8, 4) is 0 Å². The first-order valence-corrected chi connectivity index (χ1v) is 5.65. The molecule has 0 atom stereocenters. The lowest BCUT2D eigenvalue weighted by Crippen LogP contribution is -2.10. The van der Waals surface area contributed by atoms with Crippen molar-refractivity contribution in [1.29, 1.82) is 0 Å². The summed E-state index contributed by atoms with van der Waals surface area (Å²) in [5, 5.41) is 0. The topological polar surface area (TPSA) is 70.1 Å². The van der Waals surface area contributed by atoms with Gasteiger partial charge in [0.25, 0.3) is 0 Å². The van der Waals surface area contributed by atoms with Crippen molar-refractivity contribution in [2.45, 2.75) is 6.42 Å². The molecule has 0 unspecified atom stereocenters. The number of carbonyl (C=O) groups excluding carboxylic acids is 1. The van der Waals surface area contributed by atoms with Crippen molar-refractivity contribution in [2.24, 2.45) is 7.05 Å². The third-order valence-corrected chi connectivity index (χ3v) is 2.60. The molecule has 0 saturated carbocycles. The number of hydrogen-bond donors (Lipinski definition) is 1. The number of hydrogen-bond acceptors (Lipinski definition) is 4. The third-order valence-electron chi connectivity index (χ3n) is 2.60. The highest BCUT2D eigenvalue weighted by atomic mass is 16.5. The molecule has 1 aromatic heterocycles. The van der Waals surface area contributed by atoms with Crippen LogP contribution in [0.15, 0.2) is 36.7 Å². The van der Waals surface area contributed by atoms with Gasteiger partial charge in [-0.2, -0.15) is 0 Å². The van der Waals surface area contributed by atoms with E-state index in [4.69, 9.17) is 10.5 Å². The zero-order valence-electron chi connectivity index (χ0n) is 10.2. The van der Waals surface area contributed by atoms with Crippen LogP contribution < -0.4 is 5.73 Å². The van der Waals surface area contributed by atoms with Gasteiger partial charge in [0.2, 0.25) is 0 Å². The first-order valence-electron chi connectivity index (χ1n) is 5.65. The van der Waals surface area contributed by atoms with Crippen molar-refractivity contribution in [2.75, 3.05) is 12.3 Å². The molecule has 2 aromatic rings. The summed E-state index contributed by atoms with van der Waals surface area (Å²) in [6.45, 7) is 0.304. The number of nitrogens with zero attached hydrogens (tertiary/aromatic N) is 2. The van der Waals surface area contributed by atoms with Crippen LogP contribution in [-0.4, -0.2) is 22.1 Å². The molecule has 0 amide bonds. The van der Waals surface area contributed by atoms with Crippen LogP contribution in [0.5, 0.6) is 0 Å². The van der Waals surface area contributed by atoms with Crippen molar-refractivity contribution < 1.29 is 9.53 Å². The lowest BCUT2D eigenvalue weighted by molar-refractivity contribution is 0.0507. The van der Waals surface area contributed by atoms with Gasteiger partial charge in [-0.15, -0.1) is 0 Å². The van der Waals surface area contributed by atoms with Crippen LogP contribution >= 0.6 is 0 Å². The summed E-state index contributed by atoms with van der Waals surface area (Å²) >= 11 is 0. The van der Waals surface area contributed by atoms with E-state index in [1.54, 1.807) is 30.5 Å². The van der Waals surface area contributed by atoms with Crippen LogP contribution in [0.2, 0.25) is 0 Å². The first-order chi connectivity index (χ1) is 8.66. The molecule has 1 aromatic carbocycles. The molecule has 94 valence electrons. The Kier molecular flexibility index (Phi) is 3.62. The highest BCUT2D eigenvalue weighted by Crippen LogP contribution is 2.08. The van der Waals surface area contributed by atoms with E-state index in [1.807, 2.05) is 17.8 Å². The van der Waals surface area contributed by atoms with Crippen molar-refractivity contribution in [3.63, 3.8) is 0 Å². The number of imidazole rings is 1. The molecule has 0 aliphatic heterocycles. The second kappa shape index (κ2) is 5.35. The molecule has 2 rings (SSSR count). The van der Waals surface area contributed by atoms with Gasteiger partial charge in [0, 0.05) is 31.5 Å². The van der Waals surface area contributed by atoms with Gasteiger partial charge in [0.05, 0.1) is 12.2 Å². The average molecular weight is 245 g/mol. The van der Waals surface area contributed by atoms with E-state index in [0.717, 1.165) is 5.82 Å². The van der Waals surface area contributed by atoms with Gasteiger partial charge in [-0.3, -0.25) is 0 Å². The number of benzene rings is 1. The number of esters is 1. The summed E-state index contributed by atoms with van der Waals surface area (Å²) in [5.41, 5.74) is 6.62. The zero-order chi connectivity index (χ0) is 13.0. The minimum absolute atomic E-state index is 0.304. The fraction of sp³-hybridized carbons (Fsp3) is 0.231. The number of rotatable bonds is 4. The van der Waals surface area contributed by atoms with Crippen LogP contribution in [-0.2, 0) is 18.2 Å². The number of nitrogen functional groups attached to an aromatic ring is 1. The Morgan fingerprint density at radius 2 is 2.33 bits per heavy atom. The standard InChI is InChI=1S/C13H15N3O2/c1-16-7-6-15-12(16)5-8-18-13(17)10-3-2-4-11(14)9-10/h2-4,6-7,9H,5,8,14H2,1H3. The quantitative estimate of drug-likeness (QED) is 0.653. The predicted molar refractivity (Wildman–Crippen MR) is 68.0 cm³/mol. The number of aryl methyl sites for hydroxylation is 1. The van der Waals surface area contributed by atoms with E-state index in [1.165, 1.54) is 0 Å². The molecule has 18 heavy (non-hydrogen) atoms. The molecule has 0 saturated heterocycles. The summed E-state index contributed by atoms with van der Waals surface area (Å²) in [4.78, 5) is 15.9. The van der Waals surface area contributed by atoms with Crippen LogP contribution in [0, 0.1) is 0 Å². The van der Waals surface area contributed by atoms with Gasteiger partial charge in [0.1, 0.15) is 5.82 Å². The predicted octanol–water partition coefficient (Wildman–Crippen LogP) is 1.40. The molecule has 0 bridgehead atoms. The summed E-state index contributed by atoms with van der Waals surface area (Å²) < 4.78 is 7.06. The van der Waals surface area contributed by atoms with E-state index in [2.05, 4.69) is 4.98 Å². The summed E-state index contributed by atoms with van der Waals surface area (Å²) in [7, 11) is 1.90. The molecule has 0 aliphatic rings. The van der Waals surface area contributed by atoms with Gasteiger partial charge in [-0.05, 0) is 18.2 Å². The summed E-state index contributed by atoms with van der Waals surface area (Å²) in [6.07, 6.45) is 4.17. The fourth-order valence-electron chi connectivity index (χ4n) is 1.62. The zero-order valence-corrected chi connectivity index (χ0v) is 10.2. The largest absolute Gasteiger partial charge is 0.462 e. The highest BCUT2D eigenvalue weighted by molar-refractivity contribution is 5.90. The summed E-state index contributed by atoms with van der Waals surface area (Å²) in [5.74, 6) is 0.520. The Hall–Kier alpha value is -2.30. The molecular weight excluding hydrogens is 230 g/mol. The molecular formula is C13H15N3O2. The minimum atomic E-state index is -0.364. The third kappa shape index (κ3) is 2.88. The van der Waals surface area contributed by atoms with Crippen LogP contribution in [0.25, 0.3) is 0 Å². The molecule has 5 heteroatoms. The Morgan fingerprint density at radius 1 is 1.50 bits per heavy atom. The minimum Gasteiger partial charge on any atom is -0.462 e. The van der Waals surface area contributed by atoms with E-state index in [-0.39, 0.29) is 5.97 Å². The van der Waals surface area contributed by atoms with Crippen LogP contribution in [0.1, 0.15) is 16.2 Å². The van der Waals surface area contributed by atoms with Crippen LogP contribution in [0.4, 0.5) is 5.69 Å². The molecule has 0 radical (unpaired) electrons. The van der Waals surface area contributed by atoms with E-state index in [9.17, 15) is 4.79 Å². The molecule has 1 heterocycles. The molecule has 0 spiro atoms. The molecule has 5 nitrogen and oxygen atoms in total. The van der Waals surface area contributed by atoms with Gasteiger partial charge in [-0.1, -0.05) is 6.07 Å². The van der Waals surface area contributed by atoms with Gasteiger partial charge < -0.3 is 15.0 Å². The number of anilines is 1. The van der Waals surface area contributed by atoms with E-state index >= 15 is 0 Å². The highest BCUT2D eigenvalue weighted by Gasteiger charge is 2.07. The van der Waals surface area contributed by atoms with E-state index < -0.39 is 0 Å². The SMILES string of the molecule is Cn1ccnc1CCOC(=O)c1cccc(N)c1.